The van der Waals surface area contributed by atoms with E-state index in [-0.39, 0.29) is 23.9 Å². The predicted molar refractivity (Wildman–Crippen MR) is 55.6 cm³/mol. The van der Waals surface area contributed by atoms with Crippen molar-refractivity contribution < 1.29 is 9.50 Å². The van der Waals surface area contributed by atoms with Gasteiger partial charge in [-0.25, -0.2) is 4.68 Å². The third-order valence-electron chi connectivity index (χ3n) is 2.24. The fourth-order valence-corrected chi connectivity index (χ4v) is 1.09. The van der Waals surface area contributed by atoms with Crippen LogP contribution < -0.4 is 5.32 Å². The Labute approximate surface area is 88.4 Å². The molecule has 0 radical (unpaired) electrons. The number of rotatable bonds is 4. The summed E-state index contributed by atoms with van der Waals surface area (Å²) in [7, 11) is 1.44. The van der Waals surface area contributed by atoms with Crippen LogP contribution in [0.4, 0.5) is 4.39 Å². The lowest BCUT2D eigenvalue weighted by atomic mass is 10.1. The van der Waals surface area contributed by atoms with Gasteiger partial charge in [-0.1, -0.05) is 20.4 Å². The maximum atomic E-state index is 13.3. The van der Waals surface area contributed by atoms with Crippen LogP contribution >= 0.6 is 0 Å². The average Bonchev–Trinajstić information content (AvgIpc) is 2.38. The quantitative estimate of drug-likeness (QED) is 0.797. The van der Waals surface area contributed by atoms with E-state index in [0.717, 1.165) is 10.4 Å². The van der Waals surface area contributed by atoms with Gasteiger partial charge in [0, 0.05) is 19.3 Å². The van der Waals surface area contributed by atoms with E-state index in [1.54, 1.807) is 0 Å². The van der Waals surface area contributed by atoms with E-state index in [4.69, 9.17) is 0 Å². The zero-order valence-electron chi connectivity index (χ0n) is 9.21. The SMILES string of the molecule is C=C(NCc1c(O)nn(C)c1F)C(C)C. The van der Waals surface area contributed by atoms with Crippen LogP contribution in [0.2, 0.25) is 0 Å². The molecule has 0 aliphatic heterocycles. The normalized spacial score (nSPS) is 10.7. The maximum absolute atomic E-state index is 13.3. The number of aryl methyl sites for hydroxylation is 1. The number of allylic oxidation sites excluding steroid dienone is 1. The number of nitrogens with zero attached hydrogens (tertiary/aromatic N) is 2. The Morgan fingerprint density at radius 1 is 1.67 bits per heavy atom. The van der Waals surface area contributed by atoms with Crippen molar-refractivity contribution in [2.75, 3.05) is 0 Å². The summed E-state index contributed by atoms with van der Waals surface area (Å²) in [6.07, 6.45) is 0. The molecule has 0 saturated carbocycles. The molecule has 1 aromatic rings. The molecule has 5 heteroatoms. The van der Waals surface area contributed by atoms with E-state index in [1.807, 2.05) is 13.8 Å². The number of hydrogen-bond donors (Lipinski definition) is 2. The Bertz CT molecular complexity index is 371. The molecule has 0 aromatic carbocycles. The molecule has 0 unspecified atom stereocenters. The van der Waals surface area contributed by atoms with Gasteiger partial charge in [0.05, 0.1) is 5.56 Å². The van der Waals surface area contributed by atoms with Gasteiger partial charge in [-0.3, -0.25) is 0 Å². The Balaban J connectivity index is 2.69. The number of nitrogens with one attached hydrogen (secondary N) is 1. The summed E-state index contributed by atoms with van der Waals surface area (Å²) in [6, 6.07) is 0. The molecule has 0 atom stereocenters. The first-order valence-electron chi connectivity index (χ1n) is 4.76. The molecule has 0 spiro atoms. The summed E-state index contributed by atoms with van der Waals surface area (Å²) in [5.74, 6) is -0.539. The fraction of sp³-hybridized carbons (Fsp3) is 0.500. The summed E-state index contributed by atoms with van der Waals surface area (Å²) in [6.45, 7) is 7.95. The monoisotopic (exact) mass is 213 g/mol. The first-order valence-corrected chi connectivity index (χ1v) is 4.76. The van der Waals surface area contributed by atoms with Crippen molar-refractivity contribution in [3.63, 3.8) is 0 Å². The third-order valence-corrected chi connectivity index (χ3v) is 2.24. The Hall–Kier alpha value is -1.52. The van der Waals surface area contributed by atoms with E-state index >= 15 is 0 Å². The second-order valence-corrected chi connectivity index (χ2v) is 3.75. The van der Waals surface area contributed by atoms with Crippen molar-refractivity contribution in [2.45, 2.75) is 20.4 Å². The summed E-state index contributed by atoms with van der Waals surface area (Å²) in [5.41, 5.74) is 0.969. The van der Waals surface area contributed by atoms with E-state index in [1.165, 1.54) is 7.05 Å². The largest absolute Gasteiger partial charge is 0.492 e. The molecular weight excluding hydrogens is 197 g/mol. The molecule has 0 aliphatic carbocycles. The molecular formula is C10H16FN3O. The molecule has 2 N–H and O–H groups in total. The number of halogens is 1. The van der Waals surface area contributed by atoms with Crippen molar-refractivity contribution in [1.82, 2.24) is 15.1 Å². The van der Waals surface area contributed by atoms with E-state index in [2.05, 4.69) is 17.0 Å². The molecule has 0 saturated heterocycles. The Morgan fingerprint density at radius 3 is 2.67 bits per heavy atom. The average molecular weight is 213 g/mol. The maximum Gasteiger partial charge on any atom is 0.238 e. The van der Waals surface area contributed by atoms with E-state index in [0.29, 0.717) is 0 Å². The summed E-state index contributed by atoms with van der Waals surface area (Å²) < 4.78 is 14.3. The van der Waals surface area contributed by atoms with Crippen LogP contribution in [0.15, 0.2) is 12.3 Å². The number of hydrogen-bond acceptors (Lipinski definition) is 3. The minimum absolute atomic E-state index is 0.166. The van der Waals surface area contributed by atoms with Crippen molar-refractivity contribution in [3.05, 3.63) is 23.8 Å². The Kier molecular flexibility index (Phi) is 3.34. The zero-order chi connectivity index (χ0) is 11.6. The zero-order valence-corrected chi connectivity index (χ0v) is 9.21. The number of aromatic hydroxyl groups is 1. The van der Waals surface area contributed by atoms with Crippen molar-refractivity contribution in [2.24, 2.45) is 13.0 Å². The number of aromatic nitrogens is 2. The van der Waals surface area contributed by atoms with Crippen molar-refractivity contribution in [3.8, 4) is 5.88 Å². The molecule has 1 heterocycles. The molecule has 1 rings (SSSR count). The predicted octanol–water partition coefficient (Wildman–Crippen LogP) is 1.52. The van der Waals surface area contributed by atoms with Crippen LogP contribution in [-0.4, -0.2) is 14.9 Å². The smallest absolute Gasteiger partial charge is 0.238 e. The van der Waals surface area contributed by atoms with E-state index < -0.39 is 5.95 Å². The highest BCUT2D eigenvalue weighted by Gasteiger charge is 2.15. The minimum Gasteiger partial charge on any atom is -0.492 e. The topological polar surface area (TPSA) is 50.1 Å². The fourth-order valence-electron chi connectivity index (χ4n) is 1.09. The minimum atomic E-state index is -0.531. The molecule has 0 fully saturated rings. The second kappa shape index (κ2) is 4.33. The van der Waals surface area contributed by atoms with Crippen molar-refractivity contribution in [1.29, 1.82) is 0 Å². The Morgan fingerprint density at radius 2 is 2.27 bits per heavy atom. The molecule has 0 aliphatic rings. The molecule has 1 aromatic heterocycles. The van der Waals surface area contributed by atoms with Gasteiger partial charge in [0.1, 0.15) is 0 Å². The highest BCUT2D eigenvalue weighted by atomic mass is 19.1. The van der Waals surface area contributed by atoms with Crippen LogP contribution in [0.25, 0.3) is 0 Å². The van der Waals surface area contributed by atoms with Gasteiger partial charge in [0.25, 0.3) is 0 Å². The van der Waals surface area contributed by atoms with Crippen LogP contribution in [0.1, 0.15) is 19.4 Å². The second-order valence-electron chi connectivity index (χ2n) is 3.75. The molecule has 0 bridgehead atoms. The van der Waals surface area contributed by atoms with Gasteiger partial charge >= 0.3 is 0 Å². The van der Waals surface area contributed by atoms with E-state index in [9.17, 15) is 9.50 Å². The van der Waals surface area contributed by atoms with Crippen LogP contribution in [0.3, 0.4) is 0 Å². The van der Waals surface area contributed by atoms with Gasteiger partial charge < -0.3 is 10.4 Å². The van der Waals surface area contributed by atoms with Gasteiger partial charge in [0.15, 0.2) is 0 Å². The van der Waals surface area contributed by atoms with Gasteiger partial charge in [-0.2, -0.15) is 4.39 Å². The van der Waals surface area contributed by atoms with Gasteiger partial charge in [-0.15, -0.1) is 5.10 Å². The summed E-state index contributed by atoms with van der Waals surface area (Å²) >= 11 is 0. The lowest BCUT2D eigenvalue weighted by molar-refractivity contribution is 0.436. The van der Waals surface area contributed by atoms with Crippen LogP contribution in [0.5, 0.6) is 5.88 Å². The lowest BCUT2D eigenvalue weighted by Crippen LogP contribution is -2.16. The van der Waals surface area contributed by atoms with Gasteiger partial charge in [-0.05, 0) is 5.92 Å². The summed E-state index contributed by atoms with van der Waals surface area (Å²) in [4.78, 5) is 0. The highest BCUT2D eigenvalue weighted by molar-refractivity contribution is 5.23. The summed E-state index contributed by atoms with van der Waals surface area (Å²) in [5, 5.41) is 15.8. The lowest BCUT2D eigenvalue weighted by Gasteiger charge is -2.11. The first kappa shape index (κ1) is 11.6. The molecule has 4 nitrogen and oxygen atoms in total. The third kappa shape index (κ3) is 2.49. The highest BCUT2D eigenvalue weighted by Crippen LogP contribution is 2.18. The first-order chi connectivity index (χ1) is 6.93. The standard InChI is InChI=1S/C10H16FN3O/c1-6(2)7(3)12-5-8-9(11)14(4)13-10(8)15/h6,12H,3,5H2,1-2,4H3,(H,13,15). The van der Waals surface area contributed by atoms with Crippen LogP contribution in [-0.2, 0) is 13.6 Å². The molecule has 15 heavy (non-hydrogen) atoms. The van der Waals surface area contributed by atoms with Crippen molar-refractivity contribution >= 4 is 0 Å². The molecule has 84 valence electrons. The van der Waals surface area contributed by atoms with Gasteiger partial charge in [0.2, 0.25) is 11.8 Å². The molecule has 0 amide bonds. The van der Waals surface area contributed by atoms with Crippen LogP contribution in [0, 0.1) is 11.9 Å².